The number of carbonyl (C=O) groups excluding carboxylic acids is 3. The van der Waals surface area contributed by atoms with Gasteiger partial charge >= 0.3 is 0 Å². The second-order valence-electron chi connectivity index (χ2n) is 6.14. The van der Waals surface area contributed by atoms with Gasteiger partial charge in [-0.1, -0.05) is 12.1 Å². The zero-order valence-corrected chi connectivity index (χ0v) is 16.2. The molecule has 0 bridgehead atoms. The lowest BCUT2D eigenvalue weighted by molar-refractivity contribution is -0.132. The van der Waals surface area contributed by atoms with Crippen LogP contribution >= 0.6 is 11.3 Å². The molecule has 2 rings (SSSR count). The van der Waals surface area contributed by atoms with Gasteiger partial charge in [-0.05, 0) is 50.1 Å². The summed E-state index contributed by atoms with van der Waals surface area (Å²) < 4.78 is 0. The van der Waals surface area contributed by atoms with Crippen molar-refractivity contribution in [2.24, 2.45) is 0 Å². The van der Waals surface area contributed by atoms with Crippen LogP contribution in [0.2, 0.25) is 0 Å². The van der Waals surface area contributed by atoms with Gasteiger partial charge in [0.25, 0.3) is 5.91 Å². The highest BCUT2D eigenvalue weighted by atomic mass is 32.1. The highest BCUT2D eigenvalue weighted by Gasteiger charge is 2.16. The monoisotopic (exact) mass is 373 g/mol. The number of rotatable bonds is 6. The fraction of sp³-hybridized carbons (Fsp3) is 0.316. The van der Waals surface area contributed by atoms with Crippen molar-refractivity contribution in [1.82, 2.24) is 10.2 Å². The standard InChI is InChI=1S/C19H23N3O3S/c1-12-6-5-7-15(14(12)3)21-17(23)11-22(4)18(24)10-20-19(25)16-9-8-13(2)26-16/h5-9H,10-11H2,1-4H3,(H,20,25)(H,21,23). The first kappa shape index (κ1) is 19.7. The van der Waals surface area contributed by atoms with E-state index in [4.69, 9.17) is 0 Å². The number of benzene rings is 1. The molecule has 7 heteroatoms. The molecule has 0 aliphatic heterocycles. The molecule has 2 aromatic rings. The molecular weight excluding hydrogens is 350 g/mol. The van der Waals surface area contributed by atoms with Crippen LogP contribution in [0.1, 0.15) is 25.7 Å². The van der Waals surface area contributed by atoms with Gasteiger partial charge in [-0.15, -0.1) is 11.3 Å². The average molecular weight is 373 g/mol. The van der Waals surface area contributed by atoms with E-state index in [1.165, 1.54) is 23.3 Å². The van der Waals surface area contributed by atoms with Crippen LogP contribution in [0.25, 0.3) is 0 Å². The van der Waals surface area contributed by atoms with Crippen LogP contribution < -0.4 is 10.6 Å². The number of aryl methyl sites for hydroxylation is 2. The van der Waals surface area contributed by atoms with Crippen molar-refractivity contribution >= 4 is 34.7 Å². The molecule has 26 heavy (non-hydrogen) atoms. The van der Waals surface area contributed by atoms with Crippen molar-refractivity contribution in [3.8, 4) is 0 Å². The van der Waals surface area contributed by atoms with Gasteiger partial charge in [-0.3, -0.25) is 14.4 Å². The molecule has 0 spiro atoms. The molecule has 6 nitrogen and oxygen atoms in total. The average Bonchev–Trinajstić information content (AvgIpc) is 3.03. The number of anilines is 1. The molecule has 3 amide bonds. The summed E-state index contributed by atoms with van der Waals surface area (Å²) in [5.74, 6) is -0.901. The Morgan fingerprint density at radius 1 is 1.08 bits per heavy atom. The smallest absolute Gasteiger partial charge is 0.261 e. The Morgan fingerprint density at radius 2 is 1.81 bits per heavy atom. The molecule has 0 saturated carbocycles. The summed E-state index contributed by atoms with van der Waals surface area (Å²) in [4.78, 5) is 39.1. The van der Waals surface area contributed by atoms with E-state index in [2.05, 4.69) is 10.6 Å². The van der Waals surface area contributed by atoms with Crippen LogP contribution in [0, 0.1) is 20.8 Å². The molecule has 0 fully saturated rings. The van der Waals surface area contributed by atoms with Gasteiger partial charge in [0, 0.05) is 17.6 Å². The largest absolute Gasteiger partial charge is 0.342 e. The lowest BCUT2D eigenvalue weighted by atomic mass is 10.1. The third-order valence-corrected chi connectivity index (χ3v) is 5.05. The first-order valence-electron chi connectivity index (χ1n) is 8.22. The van der Waals surface area contributed by atoms with Gasteiger partial charge in [-0.25, -0.2) is 0 Å². The van der Waals surface area contributed by atoms with Crippen molar-refractivity contribution in [3.63, 3.8) is 0 Å². The summed E-state index contributed by atoms with van der Waals surface area (Å²) in [6.07, 6.45) is 0. The number of nitrogens with one attached hydrogen (secondary N) is 2. The van der Waals surface area contributed by atoms with Gasteiger partial charge in [0.15, 0.2) is 0 Å². The second-order valence-corrected chi connectivity index (χ2v) is 7.43. The Balaban J connectivity index is 1.83. The van der Waals surface area contributed by atoms with Crippen LogP contribution in [0.4, 0.5) is 5.69 Å². The van der Waals surface area contributed by atoms with E-state index in [0.29, 0.717) is 4.88 Å². The molecule has 0 aliphatic rings. The van der Waals surface area contributed by atoms with E-state index in [-0.39, 0.29) is 30.8 Å². The minimum atomic E-state index is -0.331. The molecule has 0 radical (unpaired) electrons. The van der Waals surface area contributed by atoms with Gasteiger partial charge < -0.3 is 15.5 Å². The minimum absolute atomic E-state index is 0.0831. The van der Waals surface area contributed by atoms with E-state index in [1.807, 2.05) is 45.0 Å². The molecule has 0 unspecified atom stereocenters. The summed E-state index contributed by atoms with van der Waals surface area (Å²) in [7, 11) is 1.53. The van der Waals surface area contributed by atoms with E-state index >= 15 is 0 Å². The van der Waals surface area contributed by atoms with E-state index < -0.39 is 0 Å². The predicted molar refractivity (Wildman–Crippen MR) is 104 cm³/mol. The molecule has 0 aliphatic carbocycles. The number of nitrogens with zero attached hydrogens (tertiary/aromatic N) is 1. The normalized spacial score (nSPS) is 10.3. The van der Waals surface area contributed by atoms with Crippen molar-refractivity contribution in [2.75, 3.05) is 25.5 Å². The van der Waals surface area contributed by atoms with Crippen LogP contribution in [-0.4, -0.2) is 42.8 Å². The number of likely N-dealkylation sites (N-methyl/N-ethyl adjacent to an activating group) is 1. The summed E-state index contributed by atoms with van der Waals surface area (Å²) in [6, 6.07) is 9.24. The van der Waals surface area contributed by atoms with Crippen molar-refractivity contribution in [3.05, 3.63) is 51.2 Å². The zero-order chi connectivity index (χ0) is 19.3. The number of hydrogen-bond donors (Lipinski definition) is 2. The molecule has 1 aromatic carbocycles. The topological polar surface area (TPSA) is 78.5 Å². The third kappa shape index (κ3) is 5.16. The van der Waals surface area contributed by atoms with Crippen LogP contribution in [0.5, 0.6) is 0 Å². The lowest BCUT2D eigenvalue weighted by Gasteiger charge is -2.18. The van der Waals surface area contributed by atoms with Crippen molar-refractivity contribution < 1.29 is 14.4 Å². The predicted octanol–water partition coefficient (Wildman–Crippen LogP) is 2.50. The zero-order valence-electron chi connectivity index (χ0n) is 15.4. The molecule has 138 valence electrons. The number of hydrogen-bond acceptors (Lipinski definition) is 4. The number of amides is 3. The summed E-state index contributed by atoms with van der Waals surface area (Å²) in [5.41, 5.74) is 2.81. The van der Waals surface area contributed by atoms with Crippen LogP contribution in [-0.2, 0) is 9.59 Å². The van der Waals surface area contributed by atoms with E-state index in [9.17, 15) is 14.4 Å². The SMILES string of the molecule is Cc1ccc(C(=O)NCC(=O)N(C)CC(=O)Nc2cccc(C)c2C)s1. The first-order valence-corrected chi connectivity index (χ1v) is 9.04. The third-order valence-electron chi connectivity index (χ3n) is 4.05. The quantitative estimate of drug-likeness (QED) is 0.817. The molecule has 1 heterocycles. The summed E-state index contributed by atoms with van der Waals surface area (Å²) >= 11 is 1.37. The van der Waals surface area contributed by atoms with Gasteiger partial charge in [0.1, 0.15) is 0 Å². The van der Waals surface area contributed by atoms with Gasteiger partial charge in [0.05, 0.1) is 18.0 Å². The maximum atomic E-state index is 12.2. The van der Waals surface area contributed by atoms with Crippen molar-refractivity contribution in [2.45, 2.75) is 20.8 Å². The summed E-state index contributed by atoms with van der Waals surface area (Å²) in [5, 5.41) is 5.39. The van der Waals surface area contributed by atoms with Crippen LogP contribution in [0.15, 0.2) is 30.3 Å². The summed E-state index contributed by atoms with van der Waals surface area (Å²) in [6.45, 7) is 5.58. The van der Waals surface area contributed by atoms with E-state index in [1.54, 1.807) is 6.07 Å². The number of carbonyl (C=O) groups is 3. The fourth-order valence-electron chi connectivity index (χ4n) is 2.31. The Bertz CT molecular complexity index is 829. The molecule has 1 aromatic heterocycles. The Labute approximate surface area is 157 Å². The van der Waals surface area contributed by atoms with Crippen LogP contribution in [0.3, 0.4) is 0 Å². The van der Waals surface area contributed by atoms with Gasteiger partial charge in [-0.2, -0.15) is 0 Å². The maximum Gasteiger partial charge on any atom is 0.261 e. The second kappa shape index (κ2) is 8.62. The highest BCUT2D eigenvalue weighted by molar-refractivity contribution is 7.13. The Kier molecular flexibility index (Phi) is 6.52. The van der Waals surface area contributed by atoms with E-state index in [0.717, 1.165) is 21.7 Å². The molecule has 0 atom stereocenters. The molecule has 2 N–H and O–H groups in total. The minimum Gasteiger partial charge on any atom is -0.342 e. The first-order chi connectivity index (χ1) is 12.3. The number of thiophene rings is 1. The fourth-order valence-corrected chi connectivity index (χ4v) is 3.10. The molecule has 0 saturated heterocycles. The molecular formula is C19H23N3O3S. The Hall–Kier alpha value is -2.67. The lowest BCUT2D eigenvalue weighted by Crippen LogP contribution is -2.41. The Morgan fingerprint density at radius 3 is 2.46 bits per heavy atom. The van der Waals surface area contributed by atoms with Gasteiger partial charge in [0.2, 0.25) is 11.8 Å². The highest BCUT2D eigenvalue weighted by Crippen LogP contribution is 2.17. The van der Waals surface area contributed by atoms with Crippen molar-refractivity contribution in [1.29, 1.82) is 0 Å². The maximum absolute atomic E-state index is 12.2.